The molecule has 0 heterocycles. The van der Waals surface area contributed by atoms with Gasteiger partial charge in [-0.3, -0.25) is 9.59 Å². The van der Waals surface area contributed by atoms with Gasteiger partial charge in [0.05, 0.1) is 17.8 Å². The van der Waals surface area contributed by atoms with E-state index in [0.29, 0.717) is 5.56 Å². The van der Waals surface area contributed by atoms with E-state index in [1.807, 2.05) is 0 Å². The van der Waals surface area contributed by atoms with Crippen LogP contribution < -0.4 is 10.6 Å². The Balaban J connectivity index is 2.01. The highest BCUT2D eigenvalue weighted by Crippen LogP contribution is 2.16. The molecule has 6 heteroatoms. The van der Waals surface area contributed by atoms with Crippen LogP contribution in [0.25, 0.3) is 12.2 Å². The number of amides is 2. The maximum atomic E-state index is 12.2. The molecular formula is C20H18N2O4. The van der Waals surface area contributed by atoms with Crippen LogP contribution in [-0.4, -0.2) is 29.4 Å². The Labute approximate surface area is 150 Å². The van der Waals surface area contributed by atoms with E-state index in [1.54, 1.807) is 42.5 Å². The zero-order chi connectivity index (χ0) is 19.1. The molecule has 0 atom stereocenters. The van der Waals surface area contributed by atoms with Crippen molar-refractivity contribution < 1.29 is 19.5 Å². The van der Waals surface area contributed by atoms with Crippen LogP contribution in [0.5, 0.6) is 0 Å². The molecule has 0 saturated carbocycles. The van der Waals surface area contributed by atoms with Crippen LogP contribution in [0.1, 0.15) is 31.8 Å². The predicted octanol–water partition coefficient (Wildman–Crippen LogP) is 3.04. The molecule has 132 valence electrons. The van der Waals surface area contributed by atoms with Crippen molar-refractivity contribution in [2.45, 2.75) is 0 Å². The maximum absolute atomic E-state index is 12.2. The topological polar surface area (TPSA) is 95.5 Å². The molecule has 0 bridgehead atoms. The van der Waals surface area contributed by atoms with E-state index in [9.17, 15) is 14.4 Å². The number of para-hydroxylation sites is 1. The number of carbonyl (C=O) groups excluding carboxylic acids is 2. The summed E-state index contributed by atoms with van der Waals surface area (Å²) in [7, 11) is 0. The number of hydrogen-bond acceptors (Lipinski definition) is 3. The third-order valence-corrected chi connectivity index (χ3v) is 3.63. The quantitative estimate of drug-likeness (QED) is 0.715. The molecule has 3 N–H and O–H groups in total. The summed E-state index contributed by atoms with van der Waals surface area (Å²) in [6.07, 6.45) is 3.27. The van der Waals surface area contributed by atoms with E-state index >= 15 is 0 Å². The van der Waals surface area contributed by atoms with Crippen LogP contribution in [0.4, 0.5) is 5.69 Å². The number of hydrogen-bond donors (Lipinski definition) is 3. The molecule has 6 nitrogen and oxygen atoms in total. The first-order chi connectivity index (χ1) is 12.5. The molecule has 0 aliphatic carbocycles. The average Bonchev–Trinajstić information content (AvgIpc) is 2.65. The van der Waals surface area contributed by atoms with E-state index in [4.69, 9.17) is 5.11 Å². The number of carbonyl (C=O) groups is 3. The third kappa shape index (κ3) is 4.45. The highest BCUT2D eigenvalue weighted by Gasteiger charge is 2.13. The Hall–Kier alpha value is -3.67. The number of nitrogens with one attached hydrogen (secondary N) is 2. The lowest BCUT2D eigenvalue weighted by Crippen LogP contribution is -2.33. The van der Waals surface area contributed by atoms with Gasteiger partial charge < -0.3 is 15.7 Å². The standard InChI is InChI=1S/C20H18N2O4/c1-3-13-9-10-15(11-14(13)4-2)19(24)21-12-18(23)22-17-8-6-5-7-16(17)20(25)26/h3-11H,1-2,12H2,(H,21,24)(H,22,23)(H,25,26). The predicted molar refractivity (Wildman–Crippen MR) is 101 cm³/mol. The van der Waals surface area contributed by atoms with Crippen molar-refractivity contribution in [1.29, 1.82) is 0 Å². The van der Waals surface area contributed by atoms with Crippen LogP contribution in [0.15, 0.2) is 55.6 Å². The summed E-state index contributed by atoms with van der Waals surface area (Å²) in [6.45, 7) is 7.09. The number of anilines is 1. The van der Waals surface area contributed by atoms with Crippen molar-refractivity contribution in [3.05, 3.63) is 77.9 Å². The van der Waals surface area contributed by atoms with Crippen LogP contribution in [0, 0.1) is 0 Å². The van der Waals surface area contributed by atoms with Gasteiger partial charge in [0.15, 0.2) is 0 Å². The Bertz CT molecular complexity index is 887. The number of carboxylic acid groups (broad SMARTS) is 1. The van der Waals surface area contributed by atoms with E-state index < -0.39 is 17.8 Å². The minimum absolute atomic E-state index is 0.0252. The van der Waals surface area contributed by atoms with Crippen molar-refractivity contribution in [3.8, 4) is 0 Å². The summed E-state index contributed by atoms with van der Waals surface area (Å²) in [5.41, 5.74) is 2.13. The van der Waals surface area contributed by atoms with Crippen molar-refractivity contribution in [3.63, 3.8) is 0 Å². The van der Waals surface area contributed by atoms with Crippen LogP contribution in [-0.2, 0) is 4.79 Å². The fourth-order valence-corrected chi connectivity index (χ4v) is 2.31. The molecule has 0 spiro atoms. The first-order valence-corrected chi connectivity index (χ1v) is 7.75. The van der Waals surface area contributed by atoms with Gasteiger partial charge in [-0.2, -0.15) is 0 Å². The van der Waals surface area contributed by atoms with Gasteiger partial charge in [-0.15, -0.1) is 0 Å². The lowest BCUT2D eigenvalue weighted by atomic mass is 10.0. The van der Waals surface area contributed by atoms with E-state index in [0.717, 1.165) is 11.1 Å². The van der Waals surface area contributed by atoms with Gasteiger partial charge in [0.25, 0.3) is 5.91 Å². The summed E-state index contributed by atoms with van der Waals surface area (Å²) in [4.78, 5) is 35.3. The normalized spacial score (nSPS) is 9.85. The molecule has 0 aliphatic heterocycles. The SMILES string of the molecule is C=Cc1ccc(C(=O)NCC(=O)Nc2ccccc2C(=O)O)cc1C=C. The molecule has 2 rings (SSSR count). The van der Waals surface area contributed by atoms with Crippen LogP contribution >= 0.6 is 0 Å². The Morgan fingerprint density at radius 2 is 1.69 bits per heavy atom. The van der Waals surface area contributed by atoms with Crippen molar-refractivity contribution in [2.75, 3.05) is 11.9 Å². The number of aromatic carboxylic acids is 1. The first-order valence-electron chi connectivity index (χ1n) is 7.75. The van der Waals surface area contributed by atoms with Gasteiger partial charge in [0.1, 0.15) is 0 Å². The molecule has 2 aromatic carbocycles. The summed E-state index contributed by atoms with van der Waals surface area (Å²) in [5, 5.41) is 14.1. The molecule has 0 fully saturated rings. The second-order valence-electron chi connectivity index (χ2n) is 5.33. The lowest BCUT2D eigenvalue weighted by molar-refractivity contribution is -0.115. The lowest BCUT2D eigenvalue weighted by Gasteiger charge is -2.10. The van der Waals surface area contributed by atoms with Gasteiger partial charge in [0, 0.05) is 5.56 Å². The summed E-state index contributed by atoms with van der Waals surface area (Å²) >= 11 is 0. The Morgan fingerprint density at radius 1 is 1.00 bits per heavy atom. The highest BCUT2D eigenvalue weighted by molar-refractivity contribution is 6.03. The van der Waals surface area contributed by atoms with E-state index in [2.05, 4.69) is 23.8 Å². The summed E-state index contributed by atoms with van der Waals surface area (Å²) < 4.78 is 0. The number of benzene rings is 2. The fourth-order valence-electron chi connectivity index (χ4n) is 2.31. The fraction of sp³-hybridized carbons (Fsp3) is 0.0500. The monoisotopic (exact) mass is 350 g/mol. The first kappa shape index (κ1) is 18.7. The molecule has 0 aromatic heterocycles. The molecule has 26 heavy (non-hydrogen) atoms. The van der Waals surface area contributed by atoms with E-state index in [1.165, 1.54) is 12.1 Å². The highest BCUT2D eigenvalue weighted by atomic mass is 16.4. The van der Waals surface area contributed by atoms with Gasteiger partial charge in [-0.25, -0.2) is 4.79 Å². The molecule has 0 unspecified atom stereocenters. The minimum Gasteiger partial charge on any atom is -0.478 e. The maximum Gasteiger partial charge on any atom is 0.337 e. The van der Waals surface area contributed by atoms with Gasteiger partial charge >= 0.3 is 5.97 Å². The number of rotatable bonds is 7. The van der Waals surface area contributed by atoms with Crippen molar-refractivity contribution in [2.24, 2.45) is 0 Å². The minimum atomic E-state index is -1.15. The zero-order valence-electron chi connectivity index (χ0n) is 14.0. The third-order valence-electron chi connectivity index (χ3n) is 3.63. The smallest absolute Gasteiger partial charge is 0.337 e. The molecule has 2 aromatic rings. The zero-order valence-corrected chi connectivity index (χ0v) is 14.0. The van der Waals surface area contributed by atoms with E-state index in [-0.39, 0.29) is 17.8 Å². The molecule has 0 aliphatic rings. The molecular weight excluding hydrogens is 332 g/mol. The van der Waals surface area contributed by atoms with Gasteiger partial charge in [-0.1, -0.05) is 43.5 Å². The van der Waals surface area contributed by atoms with Crippen LogP contribution in [0.2, 0.25) is 0 Å². The molecule has 2 amide bonds. The van der Waals surface area contributed by atoms with Gasteiger partial charge in [0.2, 0.25) is 5.91 Å². The molecule has 0 saturated heterocycles. The Kier molecular flexibility index (Phi) is 6.06. The van der Waals surface area contributed by atoms with Gasteiger partial charge in [-0.05, 0) is 35.4 Å². The Morgan fingerprint density at radius 3 is 2.35 bits per heavy atom. The average molecular weight is 350 g/mol. The summed E-state index contributed by atoms with van der Waals surface area (Å²) in [6, 6.07) is 11.0. The van der Waals surface area contributed by atoms with Crippen molar-refractivity contribution >= 4 is 35.6 Å². The second kappa shape index (κ2) is 8.43. The number of carboxylic acids is 1. The largest absolute Gasteiger partial charge is 0.478 e. The van der Waals surface area contributed by atoms with Crippen LogP contribution in [0.3, 0.4) is 0 Å². The summed E-state index contributed by atoms with van der Waals surface area (Å²) in [5.74, 6) is -2.10. The molecule has 0 radical (unpaired) electrons. The second-order valence-corrected chi connectivity index (χ2v) is 5.33. The van der Waals surface area contributed by atoms with Crippen molar-refractivity contribution in [1.82, 2.24) is 5.32 Å².